The van der Waals surface area contributed by atoms with Crippen LogP contribution in [0.3, 0.4) is 0 Å². The first-order valence-electron chi connectivity index (χ1n) is 4.91. The maximum atomic E-state index is 13.5. The number of nitrogens with two attached hydrogens (primary N) is 1. The number of halogens is 5. The number of benzene rings is 1. The summed E-state index contributed by atoms with van der Waals surface area (Å²) in [4.78, 5) is 3.38. The maximum Gasteiger partial charge on any atom is 0.169 e. The van der Waals surface area contributed by atoms with Crippen LogP contribution in [0.15, 0.2) is 22.7 Å². The molecule has 0 aliphatic carbocycles. The van der Waals surface area contributed by atoms with Gasteiger partial charge in [-0.3, -0.25) is 0 Å². The van der Waals surface area contributed by atoms with Gasteiger partial charge in [0.2, 0.25) is 0 Å². The van der Waals surface area contributed by atoms with Gasteiger partial charge < -0.3 is 11.1 Å². The normalized spacial score (nSPS) is 10.6. The Morgan fingerprint density at radius 3 is 2.32 bits per heavy atom. The summed E-state index contributed by atoms with van der Waals surface area (Å²) in [7, 11) is 0. The van der Waals surface area contributed by atoms with Crippen LogP contribution in [0.5, 0.6) is 0 Å². The molecular formula is C11H6BrF4N3. The molecule has 0 unspecified atom stereocenters. The first-order valence-corrected chi connectivity index (χ1v) is 5.71. The molecule has 1 heterocycles. The quantitative estimate of drug-likeness (QED) is 0.649. The second-order valence-electron chi connectivity index (χ2n) is 3.56. The van der Waals surface area contributed by atoms with E-state index in [1.807, 2.05) is 0 Å². The topological polar surface area (TPSA) is 50.9 Å². The lowest BCUT2D eigenvalue weighted by Crippen LogP contribution is -2.04. The zero-order valence-corrected chi connectivity index (χ0v) is 10.7. The van der Waals surface area contributed by atoms with E-state index >= 15 is 0 Å². The lowest BCUT2D eigenvalue weighted by atomic mass is 10.3. The van der Waals surface area contributed by atoms with Crippen LogP contribution in [-0.2, 0) is 0 Å². The second-order valence-corrected chi connectivity index (χ2v) is 4.41. The smallest absolute Gasteiger partial charge is 0.169 e. The molecule has 8 heteroatoms. The molecule has 0 amide bonds. The van der Waals surface area contributed by atoms with Gasteiger partial charge in [-0.1, -0.05) is 0 Å². The standard InChI is InChI=1S/C11H6BrF4N3/c12-4-1-6(14)9(3-5(4)13)18-11-8(16)2-7(15)10(17)19-11/h1-3H,(H3,17,18,19). The number of hydrogen-bond donors (Lipinski definition) is 2. The van der Waals surface area contributed by atoms with Crippen LogP contribution in [0.4, 0.5) is 34.9 Å². The van der Waals surface area contributed by atoms with E-state index in [2.05, 4.69) is 26.2 Å². The van der Waals surface area contributed by atoms with Crippen LogP contribution in [-0.4, -0.2) is 4.98 Å². The van der Waals surface area contributed by atoms with E-state index in [0.717, 1.165) is 12.1 Å². The van der Waals surface area contributed by atoms with Gasteiger partial charge in [0.1, 0.15) is 11.6 Å². The Hall–Kier alpha value is -1.83. The van der Waals surface area contributed by atoms with Gasteiger partial charge in [-0.05, 0) is 22.0 Å². The van der Waals surface area contributed by atoms with Crippen molar-refractivity contribution in [3.63, 3.8) is 0 Å². The lowest BCUT2D eigenvalue weighted by molar-refractivity contribution is 0.579. The summed E-state index contributed by atoms with van der Waals surface area (Å²) in [5.41, 5.74) is 4.82. The molecule has 19 heavy (non-hydrogen) atoms. The summed E-state index contributed by atoms with van der Waals surface area (Å²) in [6, 6.07) is 2.17. The Bertz CT molecular complexity index is 593. The van der Waals surface area contributed by atoms with Crippen LogP contribution in [0.25, 0.3) is 0 Å². The van der Waals surface area contributed by atoms with Gasteiger partial charge in [0, 0.05) is 12.1 Å². The van der Waals surface area contributed by atoms with E-state index in [-0.39, 0.29) is 10.2 Å². The molecule has 0 spiro atoms. The number of rotatable bonds is 2. The molecule has 3 nitrogen and oxygen atoms in total. The van der Waals surface area contributed by atoms with Crippen molar-refractivity contribution in [3.8, 4) is 0 Å². The minimum Gasteiger partial charge on any atom is -0.381 e. The van der Waals surface area contributed by atoms with Crippen molar-refractivity contribution < 1.29 is 17.6 Å². The largest absolute Gasteiger partial charge is 0.381 e. The number of aromatic nitrogens is 1. The van der Waals surface area contributed by atoms with Crippen molar-refractivity contribution in [1.82, 2.24) is 4.98 Å². The molecule has 2 rings (SSSR count). The second kappa shape index (κ2) is 5.04. The highest BCUT2D eigenvalue weighted by Crippen LogP contribution is 2.27. The third-order valence-electron chi connectivity index (χ3n) is 2.22. The molecule has 0 fully saturated rings. The fourth-order valence-electron chi connectivity index (χ4n) is 1.31. The zero-order valence-electron chi connectivity index (χ0n) is 9.15. The Balaban J connectivity index is 2.42. The fraction of sp³-hybridized carbons (Fsp3) is 0. The van der Waals surface area contributed by atoms with Crippen molar-refractivity contribution in [2.75, 3.05) is 11.1 Å². The minimum atomic E-state index is -1.07. The molecule has 1 aromatic carbocycles. The summed E-state index contributed by atoms with van der Waals surface area (Å²) in [5, 5.41) is 2.21. The van der Waals surface area contributed by atoms with E-state index in [9.17, 15) is 17.6 Å². The average Bonchev–Trinajstić information content (AvgIpc) is 2.32. The third-order valence-corrected chi connectivity index (χ3v) is 2.83. The predicted octanol–water partition coefficient (Wildman–Crippen LogP) is 3.73. The monoisotopic (exact) mass is 335 g/mol. The van der Waals surface area contributed by atoms with Gasteiger partial charge in [-0.15, -0.1) is 0 Å². The van der Waals surface area contributed by atoms with Crippen LogP contribution in [0, 0.1) is 23.3 Å². The number of pyridine rings is 1. The fourth-order valence-corrected chi connectivity index (χ4v) is 1.63. The predicted molar refractivity (Wildman–Crippen MR) is 65.9 cm³/mol. The molecule has 0 aliphatic heterocycles. The number of nitrogens with zero attached hydrogens (tertiary/aromatic N) is 1. The maximum absolute atomic E-state index is 13.5. The molecule has 0 saturated carbocycles. The van der Waals surface area contributed by atoms with Crippen LogP contribution >= 0.6 is 15.9 Å². The van der Waals surface area contributed by atoms with E-state index in [1.165, 1.54) is 0 Å². The zero-order chi connectivity index (χ0) is 14.2. The Labute approximate surface area is 113 Å². The highest BCUT2D eigenvalue weighted by atomic mass is 79.9. The third kappa shape index (κ3) is 2.78. The highest BCUT2D eigenvalue weighted by Gasteiger charge is 2.13. The van der Waals surface area contributed by atoms with Crippen molar-refractivity contribution in [1.29, 1.82) is 0 Å². The van der Waals surface area contributed by atoms with E-state index < -0.39 is 34.9 Å². The molecule has 1 aromatic heterocycles. The summed E-state index contributed by atoms with van der Waals surface area (Å²) >= 11 is 2.80. The summed E-state index contributed by atoms with van der Waals surface area (Å²) in [6.45, 7) is 0. The molecule has 0 saturated heterocycles. The lowest BCUT2D eigenvalue weighted by Gasteiger charge is -2.09. The molecule has 0 bridgehead atoms. The summed E-state index contributed by atoms with van der Waals surface area (Å²) < 4.78 is 53.0. The van der Waals surface area contributed by atoms with Crippen LogP contribution in [0.1, 0.15) is 0 Å². The number of anilines is 3. The minimum absolute atomic E-state index is 0.0809. The molecule has 0 atom stereocenters. The average molecular weight is 336 g/mol. The Morgan fingerprint density at radius 2 is 1.63 bits per heavy atom. The van der Waals surface area contributed by atoms with Gasteiger partial charge in [0.05, 0.1) is 10.2 Å². The van der Waals surface area contributed by atoms with Crippen molar-refractivity contribution in [3.05, 3.63) is 45.9 Å². The van der Waals surface area contributed by atoms with Crippen molar-refractivity contribution in [2.45, 2.75) is 0 Å². The first-order chi connectivity index (χ1) is 8.88. The molecular weight excluding hydrogens is 330 g/mol. The number of nitrogens with one attached hydrogen (secondary N) is 1. The van der Waals surface area contributed by atoms with Crippen LogP contribution in [0.2, 0.25) is 0 Å². The highest BCUT2D eigenvalue weighted by molar-refractivity contribution is 9.10. The van der Waals surface area contributed by atoms with E-state index in [4.69, 9.17) is 5.73 Å². The molecule has 0 radical (unpaired) electrons. The number of hydrogen-bond acceptors (Lipinski definition) is 3. The van der Waals surface area contributed by atoms with Gasteiger partial charge in [0.15, 0.2) is 23.3 Å². The van der Waals surface area contributed by atoms with E-state index in [0.29, 0.717) is 6.07 Å². The molecule has 0 aliphatic rings. The molecule has 2 aromatic rings. The van der Waals surface area contributed by atoms with Crippen molar-refractivity contribution >= 4 is 33.3 Å². The number of nitrogen functional groups attached to an aromatic ring is 1. The van der Waals surface area contributed by atoms with Gasteiger partial charge in [-0.25, -0.2) is 22.5 Å². The van der Waals surface area contributed by atoms with Crippen LogP contribution < -0.4 is 11.1 Å². The van der Waals surface area contributed by atoms with Crippen molar-refractivity contribution in [2.24, 2.45) is 0 Å². The molecule has 3 N–H and O–H groups in total. The van der Waals surface area contributed by atoms with E-state index in [1.54, 1.807) is 0 Å². The molecule has 100 valence electrons. The van der Waals surface area contributed by atoms with Gasteiger partial charge in [0.25, 0.3) is 0 Å². The SMILES string of the molecule is Nc1nc(Nc2cc(F)c(Br)cc2F)c(F)cc1F. The van der Waals surface area contributed by atoms with Gasteiger partial charge >= 0.3 is 0 Å². The van der Waals surface area contributed by atoms with Gasteiger partial charge in [-0.2, -0.15) is 0 Å². The Kier molecular flexibility index (Phi) is 3.61. The first kappa shape index (κ1) is 13.6. The summed E-state index contributed by atoms with van der Waals surface area (Å²) in [6.07, 6.45) is 0. The summed E-state index contributed by atoms with van der Waals surface area (Å²) in [5.74, 6) is -4.75. The Morgan fingerprint density at radius 1 is 0.947 bits per heavy atom.